The predicted octanol–water partition coefficient (Wildman–Crippen LogP) is 5.96. The minimum absolute atomic E-state index is 0.115. The molecule has 0 aliphatic carbocycles. The largest absolute Gasteiger partial charge is 0.416 e. The summed E-state index contributed by atoms with van der Waals surface area (Å²) in [5.74, 6) is 0.950. The van der Waals surface area contributed by atoms with Gasteiger partial charge in [0.15, 0.2) is 0 Å². The van der Waals surface area contributed by atoms with Crippen molar-refractivity contribution in [2.45, 2.75) is 37.6 Å². The SMILES string of the molecule is CC.Cc1cc(CSc2ccccc2C(=O)NCCNc2ccc(C(F)(F)F)cc2NO)on1. The van der Waals surface area contributed by atoms with E-state index < -0.39 is 11.7 Å². The molecule has 0 fully saturated rings. The van der Waals surface area contributed by atoms with Crippen molar-refractivity contribution in [2.24, 2.45) is 0 Å². The maximum absolute atomic E-state index is 12.8. The third-order valence-electron chi connectivity index (χ3n) is 4.37. The third-order valence-corrected chi connectivity index (χ3v) is 5.47. The summed E-state index contributed by atoms with van der Waals surface area (Å²) in [6.07, 6.45) is -4.52. The zero-order valence-electron chi connectivity index (χ0n) is 19.0. The molecule has 184 valence electrons. The van der Waals surface area contributed by atoms with E-state index in [1.807, 2.05) is 39.0 Å². The van der Waals surface area contributed by atoms with Crippen LogP contribution in [-0.2, 0) is 11.9 Å². The van der Waals surface area contributed by atoms with Crippen molar-refractivity contribution < 1.29 is 27.7 Å². The van der Waals surface area contributed by atoms with Crippen LogP contribution in [-0.4, -0.2) is 29.4 Å². The van der Waals surface area contributed by atoms with E-state index in [9.17, 15) is 18.0 Å². The third kappa shape index (κ3) is 7.70. The van der Waals surface area contributed by atoms with Crippen molar-refractivity contribution in [3.8, 4) is 0 Å². The number of halogens is 3. The second-order valence-corrected chi connectivity index (χ2v) is 7.79. The van der Waals surface area contributed by atoms with Gasteiger partial charge in [0.05, 0.1) is 33.9 Å². The average Bonchev–Trinajstić information content (AvgIpc) is 3.26. The number of anilines is 2. The molecule has 0 unspecified atom stereocenters. The van der Waals surface area contributed by atoms with E-state index in [2.05, 4.69) is 15.8 Å². The van der Waals surface area contributed by atoms with Crippen LogP contribution in [0.25, 0.3) is 0 Å². The summed E-state index contributed by atoms with van der Waals surface area (Å²) >= 11 is 1.45. The van der Waals surface area contributed by atoms with Gasteiger partial charge in [0.1, 0.15) is 5.76 Å². The number of nitrogens with one attached hydrogen (secondary N) is 3. The van der Waals surface area contributed by atoms with Gasteiger partial charge in [0, 0.05) is 24.1 Å². The molecule has 0 spiro atoms. The Morgan fingerprint density at radius 2 is 1.82 bits per heavy atom. The van der Waals surface area contributed by atoms with E-state index >= 15 is 0 Å². The maximum atomic E-state index is 12.8. The Bertz CT molecular complexity index is 1070. The van der Waals surface area contributed by atoms with Gasteiger partial charge in [-0.05, 0) is 37.3 Å². The van der Waals surface area contributed by atoms with Crippen molar-refractivity contribution in [3.63, 3.8) is 0 Å². The Balaban J connectivity index is 0.00000199. The minimum atomic E-state index is -4.52. The van der Waals surface area contributed by atoms with E-state index in [1.54, 1.807) is 17.6 Å². The first-order valence-corrected chi connectivity index (χ1v) is 11.5. The Morgan fingerprint density at radius 1 is 1.09 bits per heavy atom. The number of carbonyl (C=O) groups excluding carboxylic acids is 1. The smallest absolute Gasteiger partial charge is 0.382 e. The fraction of sp³-hybridized carbons (Fsp3) is 0.304. The molecule has 34 heavy (non-hydrogen) atoms. The highest BCUT2D eigenvalue weighted by Crippen LogP contribution is 2.33. The number of alkyl halides is 3. The van der Waals surface area contributed by atoms with Gasteiger partial charge in [-0.1, -0.05) is 31.1 Å². The van der Waals surface area contributed by atoms with Crippen LogP contribution in [0.4, 0.5) is 24.5 Å². The number of aromatic nitrogens is 1. The zero-order valence-corrected chi connectivity index (χ0v) is 19.8. The molecule has 0 bridgehead atoms. The molecular formula is C23H27F3N4O3S. The van der Waals surface area contributed by atoms with Crippen molar-refractivity contribution in [1.29, 1.82) is 0 Å². The van der Waals surface area contributed by atoms with Gasteiger partial charge in [0.2, 0.25) is 0 Å². The monoisotopic (exact) mass is 496 g/mol. The van der Waals surface area contributed by atoms with Crippen LogP contribution < -0.4 is 16.1 Å². The molecule has 0 aliphatic heterocycles. The molecule has 7 nitrogen and oxygen atoms in total. The first-order chi connectivity index (χ1) is 16.3. The second kappa shape index (κ2) is 12.9. The Labute approximate surface area is 200 Å². The van der Waals surface area contributed by atoms with Gasteiger partial charge >= 0.3 is 6.18 Å². The number of amides is 1. The van der Waals surface area contributed by atoms with Gasteiger partial charge in [-0.25, -0.2) is 0 Å². The predicted molar refractivity (Wildman–Crippen MR) is 126 cm³/mol. The molecule has 1 heterocycles. The van der Waals surface area contributed by atoms with Crippen LogP contribution in [0.5, 0.6) is 0 Å². The van der Waals surface area contributed by atoms with Crippen molar-refractivity contribution >= 4 is 29.0 Å². The number of carbonyl (C=O) groups is 1. The van der Waals surface area contributed by atoms with Gasteiger partial charge in [-0.3, -0.25) is 15.5 Å². The molecule has 4 N–H and O–H groups in total. The van der Waals surface area contributed by atoms with Crippen LogP contribution >= 0.6 is 11.8 Å². The lowest BCUT2D eigenvalue weighted by molar-refractivity contribution is -0.137. The number of rotatable bonds is 9. The Kier molecular flexibility index (Phi) is 10.3. The van der Waals surface area contributed by atoms with Gasteiger partial charge in [0.25, 0.3) is 5.91 Å². The van der Waals surface area contributed by atoms with Crippen molar-refractivity contribution in [2.75, 3.05) is 23.9 Å². The molecule has 0 aliphatic rings. The normalized spacial score (nSPS) is 10.8. The van der Waals surface area contributed by atoms with Crippen molar-refractivity contribution in [1.82, 2.24) is 10.5 Å². The summed E-state index contributed by atoms with van der Waals surface area (Å²) in [7, 11) is 0. The number of aryl methyl sites for hydroxylation is 1. The maximum Gasteiger partial charge on any atom is 0.416 e. The molecule has 2 aromatic carbocycles. The number of thioether (sulfide) groups is 1. The molecule has 1 aromatic heterocycles. The van der Waals surface area contributed by atoms with E-state index in [0.29, 0.717) is 17.1 Å². The second-order valence-electron chi connectivity index (χ2n) is 6.77. The molecule has 3 aromatic rings. The zero-order chi connectivity index (χ0) is 25.1. The lowest BCUT2D eigenvalue weighted by Crippen LogP contribution is -2.29. The minimum Gasteiger partial charge on any atom is -0.382 e. The molecule has 11 heteroatoms. The first-order valence-electron chi connectivity index (χ1n) is 10.6. The highest BCUT2D eigenvalue weighted by molar-refractivity contribution is 7.98. The highest BCUT2D eigenvalue weighted by atomic mass is 32.2. The molecule has 0 atom stereocenters. The van der Waals surface area contributed by atoms with Crippen LogP contribution in [0.1, 0.15) is 41.2 Å². The Hall–Kier alpha value is -3.18. The molecule has 0 saturated carbocycles. The van der Waals surface area contributed by atoms with Gasteiger partial charge in [-0.15, -0.1) is 11.8 Å². The lowest BCUT2D eigenvalue weighted by atomic mass is 10.1. The standard InChI is InChI=1S/C21H21F3N4O3S.C2H6/c1-13-10-15(31-28-13)12-32-19-5-3-2-4-16(19)20(29)26-9-8-25-17-7-6-14(21(22,23)24)11-18(17)27-30;1-2/h2-7,10-11,25,27,30H,8-9,12H2,1H3,(H,26,29);1-2H3. The fourth-order valence-corrected chi connectivity index (χ4v) is 3.77. The molecule has 1 amide bonds. The molecular weight excluding hydrogens is 469 g/mol. The van der Waals surface area contributed by atoms with Crippen LogP contribution in [0.2, 0.25) is 0 Å². The van der Waals surface area contributed by atoms with Gasteiger partial charge in [-0.2, -0.15) is 13.2 Å². The highest BCUT2D eigenvalue weighted by Gasteiger charge is 2.31. The topological polar surface area (TPSA) is 99.4 Å². The number of hydrogen-bond acceptors (Lipinski definition) is 7. The summed E-state index contributed by atoms with van der Waals surface area (Å²) < 4.78 is 43.6. The first kappa shape index (κ1) is 27.1. The molecule has 0 radical (unpaired) electrons. The lowest BCUT2D eigenvalue weighted by Gasteiger charge is -2.15. The summed E-state index contributed by atoms with van der Waals surface area (Å²) in [5, 5.41) is 18.6. The summed E-state index contributed by atoms with van der Waals surface area (Å²) in [6.45, 7) is 6.28. The Morgan fingerprint density at radius 3 is 2.47 bits per heavy atom. The average molecular weight is 497 g/mol. The molecule has 3 rings (SSSR count). The quantitative estimate of drug-likeness (QED) is 0.165. The van der Waals surface area contributed by atoms with Crippen LogP contribution in [0, 0.1) is 6.92 Å². The van der Waals surface area contributed by atoms with E-state index in [1.165, 1.54) is 17.8 Å². The molecule has 0 saturated heterocycles. The summed E-state index contributed by atoms with van der Waals surface area (Å²) in [6, 6.07) is 11.9. The summed E-state index contributed by atoms with van der Waals surface area (Å²) in [4.78, 5) is 13.4. The summed E-state index contributed by atoms with van der Waals surface area (Å²) in [5.41, 5.74) is 2.31. The van der Waals surface area contributed by atoms with E-state index in [0.717, 1.165) is 22.7 Å². The van der Waals surface area contributed by atoms with E-state index in [-0.39, 0.29) is 30.4 Å². The van der Waals surface area contributed by atoms with E-state index in [4.69, 9.17) is 9.73 Å². The van der Waals surface area contributed by atoms with Crippen molar-refractivity contribution in [3.05, 3.63) is 71.1 Å². The number of benzene rings is 2. The fourth-order valence-electron chi connectivity index (χ4n) is 2.85. The van der Waals surface area contributed by atoms with Gasteiger partial charge < -0.3 is 15.2 Å². The van der Waals surface area contributed by atoms with Crippen LogP contribution in [0.3, 0.4) is 0 Å². The number of nitrogens with zero attached hydrogens (tertiary/aromatic N) is 1. The van der Waals surface area contributed by atoms with Crippen LogP contribution in [0.15, 0.2) is 57.9 Å². The number of hydrogen-bond donors (Lipinski definition) is 4.